The van der Waals surface area contributed by atoms with Crippen LogP contribution in [0.2, 0.25) is 0 Å². The van der Waals surface area contributed by atoms with Gasteiger partial charge in [0.1, 0.15) is 6.61 Å². The Labute approximate surface area is 128 Å². The molecule has 1 fully saturated rings. The number of Topliss-reactive ketones (excluding diaryl/α,β-unsaturated/α-hetero) is 1. The molecule has 1 amide bonds. The predicted octanol–water partition coefficient (Wildman–Crippen LogP) is 1.51. The second-order valence-corrected chi connectivity index (χ2v) is 5.38. The molecule has 0 aliphatic carbocycles. The second-order valence-electron chi connectivity index (χ2n) is 5.38. The number of rotatable bonds is 6. The van der Waals surface area contributed by atoms with Crippen molar-refractivity contribution >= 4 is 17.7 Å². The van der Waals surface area contributed by atoms with Gasteiger partial charge in [0.15, 0.2) is 11.8 Å². The largest absolute Gasteiger partial charge is 0.459 e. The number of carbonyl (C=O) groups is 3. The molecule has 0 spiro atoms. The number of halogens is 1. The van der Waals surface area contributed by atoms with E-state index in [1.165, 1.54) is 6.92 Å². The summed E-state index contributed by atoms with van der Waals surface area (Å²) in [6.45, 7) is 0.675. The highest BCUT2D eigenvalue weighted by molar-refractivity contribution is 6.05. The van der Waals surface area contributed by atoms with E-state index in [2.05, 4.69) is 0 Å². The number of benzene rings is 1. The molecule has 22 heavy (non-hydrogen) atoms. The van der Waals surface area contributed by atoms with Crippen molar-refractivity contribution in [2.75, 3.05) is 13.2 Å². The average molecular weight is 307 g/mol. The van der Waals surface area contributed by atoms with Crippen LogP contribution in [-0.4, -0.2) is 41.8 Å². The molecule has 0 N–H and O–H groups in total. The standard InChI is InChI=1S/C16H18FNO4/c1-11(19)15(18-9-13(8-17)7-14(18)20)16(21)22-10-12-5-3-2-4-6-12/h2-6,13,15H,7-10H2,1H3. The molecular formula is C16H18FNO4. The molecule has 1 aromatic carbocycles. The van der Waals surface area contributed by atoms with E-state index in [1.807, 2.05) is 18.2 Å². The number of esters is 1. The van der Waals surface area contributed by atoms with E-state index in [1.54, 1.807) is 12.1 Å². The highest BCUT2D eigenvalue weighted by Crippen LogP contribution is 2.22. The molecule has 0 saturated carbocycles. The first kappa shape index (κ1) is 16.1. The van der Waals surface area contributed by atoms with Crippen LogP contribution in [0.15, 0.2) is 30.3 Å². The van der Waals surface area contributed by atoms with Gasteiger partial charge in [0.05, 0.1) is 6.67 Å². The van der Waals surface area contributed by atoms with Crippen LogP contribution in [0.5, 0.6) is 0 Å². The summed E-state index contributed by atoms with van der Waals surface area (Å²) in [4.78, 5) is 36.9. The van der Waals surface area contributed by atoms with Crippen molar-refractivity contribution in [1.29, 1.82) is 0 Å². The highest BCUT2D eigenvalue weighted by Gasteiger charge is 2.40. The Morgan fingerprint density at radius 3 is 2.59 bits per heavy atom. The van der Waals surface area contributed by atoms with Crippen molar-refractivity contribution in [2.24, 2.45) is 5.92 Å². The van der Waals surface area contributed by atoms with Gasteiger partial charge in [-0.15, -0.1) is 0 Å². The Kier molecular flexibility index (Phi) is 5.25. The number of amides is 1. The zero-order valence-electron chi connectivity index (χ0n) is 12.3. The quantitative estimate of drug-likeness (QED) is 0.590. The van der Waals surface area contributed by atoms with Crippen LogP contribution in [0.25, 0.3) is 0 Å². The van der Waals surface area contributed by atoms with Gasteiger partial charge >= 0.3 is 5.97 Å². The molecule has 1 aliphatic heterocycles. The van der Waals surface area contributed by atoms with E-state index >= 15 is 0 Å². The number of nitrogens with zero attached hydrogens (tertiary/aromatic N) is 1. The van der Waals surface area contributed by atoms with E-state index in [0.717, 1.165) is 10.5 Å². The molecule has 0 aromatic heterocycles. The minimum Gasteiger partial charge on any atom is -0.459 e. The molecule has 1 saturated heterocycles. The molecule has 2 rings (SSSR count). The maximum Gasteiger partial charge on any atom is 0.337 e. The molecule has 2 atom stereocenters. The van der Waals surface area contributed by atoms with Gasteiger partial charge in [0.2, 0.25) is 5.91 Å². The number of carbonyl (C=O) groups excluding carboxylic acids is 3. The van der Waals surface area contributed by atoms with E-state index in [0.29, 0.717) is 0 Å². The number of ether oxygens (including phenoxy) is 1. The zero-order chi connectivity index (χ0) is 16.1. The topological polar surface area (TPSA) is 63.7 Å². The Hall–Kier alpha value is -2.24. The van der Waals surface area contributed by atoms with Crippen LogP contribution in [0.1, 0.15) is 18.9 Å². The molecule has 5 nitrogen and oxygen atoms in total. The number of likely N-dealkylation sites (tertiary alicyclic amines) is 1. The summed E-state index contributed by atoms with van der Waals surface area (Å²) in [6, 6.07) is 7.74. The van der Waals surface area contributed by atoms with E-state index in [-0.39, 0.29) is 25.5 Å². The number of ketones is 1. The molecule has 0 radical (unpaired) electrons. The molecule has 2 unspecified atom stereocenters. The molecule has 118 valence electrons. The minimum atomic E-state index is -1.28. The summed E-state index contributed by atoms with van der Waals surface area (Å²) >= 11 is 0. The molecule has 1 aromatic rings. The molecule has 1 aliphatic rings. The summed E-state index contributed by atoms with van der Waals surface area (Å²) < 4.78 is 17.8. The third-order valence-electron chi connectivity index (χ3n) is 3.60. The normalized spacial score (nSPS) is 19.1. The van der Waals surface area contributed by atoms with Crippen LogP contribution < -0.4 is 0 Å². The number of alkyl halides is 1. The van der Waals surface area contributed by atoms with Crippen molar-refractivity contribution in [1.82, 2.24) is 4.90 Å². The average Bonchev–Trinajstić information content (AvgIpc) is 2.87. The van der Waals surface area contributed by atoms with Crippen molar-refractivity contribution in [3.63, 3.8) is 0 Å². The van der Waals surface area contributed by atoms with Crippen LogP contribution in [0.3, 0.4) is 0 Å². The third kappa shape index (κ3) is 3.69. The van der Waals surface area contributed by atoms with Crippen LogP contribution in [-0.2, 0) is 25.7 Å². The lowest BCUT2D eigenvalue weighted by molar-refractivity contribution is -0.158. The fraction of sp³-hybridized carbons (Fsp3) is 0.438. The van der Waals surface area contributed by atoms with E-state index in [4.69, 9.17) is 4.74 Å². The Morgan fingerprint density at radius 1 is 1.36 bits per heavy atom. The molecule has 6 heteroatoms. The second kappa shape index (κ2) is 7.15. The zero-order valence-corrected chi connectivity index (χ0v) is 12.3. The first-order valence-corrected chi connectivity index (χ1v) is 7.09. The van der Waals surface area contributed by atoms with Gasteiger partial charge in [0.25, 0.3) is 0 Å². The van der Waals surface area contributed by atoms with E-state index in [9.17, 15) is 18.8 Å². The number of hydrogen-bond acceptors (Lipinski definition) is 4. The fourth-order valence-corrected chi connectivity index (χ4v) is 2.48. The van der Waals surface area contributed by atoms with Gasteiger partial charge in [0, 0.05) is 18.9 Å². The van der Waals surface area contributed by atoms with Crippen molar-refractivity contribution in [3.05, 3.63) is 35.9 Å². The Bertz CT molecular complexity index is 561. The maximum atomic E-state index is 12.7. The predicted molar refractivity (Wildman–Crippen MR) is 76.5 cm³/mol. The summed E-state index contributed by atoms with van der Waals surface area (Å²) in [5.41, 5.74) is 0.785. The number of hydrogen-bond donors (Lipinski definition) is 0. The van der Waals surface area contributed by atoms with Gasteiger partial charge in [-0.3, -0.25) is 14.0 Å². The first-order chi connectivity index (χ1) is 10.5. The SMILES string of the molecule is CC(=O)C(C(=O)OCc1ccccc1)N1CC(CF)CC1=O. The minimum absolute atomic E-state index is 0.0201. The van der Waals surface area contributed by atoms with Gasteiger partial charge in [-0.2, -0.15) is 0 Å². The third-order valence-corrected chi connectivity index (χ3v) is 3.60. The van der Waals surface area contributed by atoms with Gasteiger partial charge in [-0.05, 0) is 12.5 Å². The smallest absolute Gasteiger partial charge is 0.337 e. The summed E-state index contributed by atoms with van der Waals surface area (Å²) in [5.74, 6) is -2.11. The van der Waals surface area contributed by atoms with Crippen LogP contribution >= 0.6 is 0 Å². The van der Waals surface area contributed by atoms with Crippen LogP contribution in [0.4, 0.5) is 4.39 Å². The Balaban J connectivity index is 2.03. The van der Waals surface area contributed by atoms with Gasteiger partial charge in [-0.1, -0.05) is 30.3 Å². The Morgan fingerprint density at radius 2 is 2.05 bits per heavy atom. The lowest BCUT2D eigenvalue weighted by Crippen LogP contribution is -2.47. The van der Waals surface area contributed by atoms with E-state index < -0.39 is 30.4 Å². The van der Waals surface area contributed by atoms with Crippen LogP contribution in [0, 0.1) is 5.92 Å². The summed E-state index contributed by atoms with van der Waals surface area (Å²) in [5, 5.41) is 0. The van der Waals surface area contributed by atoms with Gasteiger partial charge in [-0.25, -0.2) is 4.79 Å². The van der Waals surface area contributed by atoms with Gasteiger partial charge < -0.3 is 9.64 Å². The summed E-state index contributed by atoms with van der Waals surface area (Å²) in [6.07, 6.45) is 0.0201. The molecular weight excluding hydrogens is 289 g/mol. The van der Waals surface area contributed by atoms with Crippen molar-refractivity contribution in [2.45, 2.75) is 26.0 Å². The highest BCUT2D eigenvalue weighted by atomic mass is 19.1. The monoisotopic (exact) mass is 307 g/mol. The first-order valence-electron chi connectivity index (χ1n) is 7.09. The molecule has 0 bridgehead atoms. The van der Waals surface area contributed by atoms with Crippen molar-refractivity contribution < 1.29 is 23.5 Å². The lowest BCUT2D eigenvalue weighted by Gasteiger charge is -2.24. The molecule has 1 heterocycles. The maximum absolute atomic E-state index is 12.7. The fourth-order valence-electron chi connectivity index (χ4n) is 2.48. The van der Waals surface area contributed by atoms with Crippen molar-refractivity contribution in [3.8, 4) is 0 Å². The summed E-state index contributed by atoms with van der Waals surface area (Å²) in [7, 11) is 0. The lowest BCUT2D eigenvalue weighted by atomic mass is 10.1.